The number of ether oxygens (including phenoxy) is 2. The molecular formula is C11H12ClFO3. The van der Waals surface area contributed by atoms with Gasteiger partial charge >= 0.3 is 5.97 Å². The summed E-state index contributed by atoms with van der Waals surface area (Å²) in [6.45, 7) is 3.55. The number of rotatable bonds is 4. The second kappa shape index (κ2) is 5.70. The third-order valence-corrected chi connectivity index (χ3v) is 2.11. The molecule has 16 heavy (non-hydrogen) atoms. The van der Waals surface area contributed by atoms with E-state index in [0.717, 1.165) is 0 Å². The van der Waals surface area contributed by atoms with E-state index in [1.807, 2.05) is 0 Å². The Balaban J connectivity index is 2.66. The van der Waals surface area contributed by atoms with E-state index in [1.165, 1.54) is 18.2 Å². The summed E-state index contributed by atoms with van der Waals surface area (Å²) in [6.07, 6.45) is -0.749. The molecule has 3 nitrogen and oxygen atoms in total. The lowest BCUT2D eigenvalue weighted by atomic mass is 10.3. The summed E-state index contributed by atoms with van der Waals surface area (Å²) in [5.41, 5.74) is 0. The highest BCUT2D eigenvalue weighted by Crippen LogP contribution is 2.22. The van der Waals surface area contributed by atoms with Crippen molar-refractivity contribution in [3.05, 3.63) is 29.0 Å². The molecule has 0 aromatic heterocycles. The van der Waals surface area contributed by atoms with Crippen LogP contribution in [0.25, 0.3) is 0 Å². The normalized spacial score (nSPS) is 12.0. The van der Waals surface area contributed by atoms with Crippen LogP contribution in [0.1, 0.15) is 13.8 Å². The summed E-state index contributed by atoms with van der Waals surface area (Å²) in [4.78, 5) is 11.2. The van der Waals surface area contributed by atoms with Crippen molar-refractivity contribution in [2.75, 3.05) is 6.61 Å². The number of halogens is 2. The van der Waals surface area contributed by atoms with E-state index in [1.54, 1.807) is 13.8 Å². The fourth-order valence-electron chi connectivity index (χ4n) is 1.06. The second-order valence-electron chi connectivity index (χ2n) is 3.09. The van der Waals surface area contributed by atoms with Crippen molar-refractivity contribution in [1.29, 1.82) is 0 Å². The Bertz CT molecular complexity index is 381. The van der Waals surface area contributed by atoms with Crippen molar-refractivity contribution >= 4 is 17.6 Å². The molecule has 1 aromatic carbocycles. The number of esters is 1. The van der Waals surface area contributed by atoms with E-state index in [0.29, 0.717) is 5.75 Å². The summed E-state index contributed by atoms with van der Waals surface area (Å²) >= 11 is 5.57. The molecule has 0 aliphatic rings. The first-order valence-electron chi connectivity index (χ1n) is 4.83. The van der Waals surface area contributed by atoms with Gasteiger partial charge in [0.15, 0.2) is 6.10 Å². The van der Waals surface area contributed by atoms with Crippen molar-refractivity contribution in [1.82, 2.24) is 0 Å². The van der Waals surface area contributed by atoms with E-state index in [-0.39, 0.29) is 11.6 Å². The van der Waals surface area contributed by atoms with Crippen LogP contribution < -0.4 is 4.74 Å². The average Bonchev–Trinajstić information content (AvgIpc) is 2.24. The fraction of sp³-hybridized carbons (Fsp3) is 0.364. The number of hydrogen-bond acceptors (Lipinski definition) is 3. The largest absolute Gasteiger partial charge is 0.479 e. The highest BCUT2D eigenvalue weighted by molar-refractivity contribution is 6.30. The van der Waals surface area contributed by atoms with Gasteiger partial charge in [-0.15, -0.1) is 0 Å². The number of carbonyl (C=O) groups is 1. The van der Waals surface area contributed by atoms with Gasteiger partial charge in [0.25, 0.3) is 0 Å². The van der Waals surface area contributed by atoms with Gasteiger partial charge in [-0.1, -0.05) is 11.6 Å². The van der Waals surface area contributed by atoms with E-state index < -0.39 is 17.9 Å². The molecule has 0 spiro atoms. The maximum atomic E-state index is 12.8. The van der Waals surface area contributed by atoms with Gasteiger partial charge in [-0.3, -0.25) is 0 Å². The molecule has 1 unspecified atom stereocenters. The van der Waals surface area contributed by atoms with Crippen LogP contribution in [0.3, 0.4) is 0 Å². The van der Waals surface area contributed by atoms with Crippen LogP contribution in [-0.2, 0) is 9.53 Å². The third kappa shape index (κ3) is 3.38. The predicted octanol–water partition coefficient (Wildman–Crippen LogP) is 2.81. The van der Waals surface area contributed by atoms with Crippen molar-refractivity contribution in [2.45, 2.75) is 20.0 Å². The molecule has 5 heteroatoms. The topological polar surface area (TPSA) is 35.5 Å². The Morgan fingerprint density at radius 2 is 2.25 bits per heavy atom. The van der Waals surface area contributed by atoms with Gasteiger partial charge in [0.05, 0.1) is 11.6 Å². The molecule has 0 aliphatic carbocycles. The quantitative estimate of drug-likeness (QED) is 0.767. The molecule has 88 valence electrons. The number of hydrogen-bond donors (Lipinski definition) is 0. The van der Waals surface area contributed by atoms with Crippen LogP contribution >= 0.6 is 11.6 Å². The number of benzene rings is 1. The molecule has 1 rings (SSSR count). The molecule has 0 fully saturated rings. The minimum absolute atomic E-state index is 0.0476. The number of carbonyl (C=O) groups excluding carboxylic acids is 1. The molecule has 0 bridgehead atoms. The lowest BCUT2D eigenvalue weighted by Crippen LogP contribution is -2.26. The first-order chi connectivity index (χ1) is 7.54. The smallest absolute Gasteiger partial charge is 0.347 e. The maximum absolute atomic E-state index is 12.8. The van der Waals surface area contributed by atoms with Crippen LogP contribution in [0.15, 0.2) is 18.2 Å². The molecule has 0 radical (unpaired) electrons. The zero-order valence-electron chi connectivity index (χ0n) is 9.00. The molecule has 0 saturated carbocycles. The van der Waals surface area contributed by atoms with Gasteiger partial charge in [0.2, 0.25) is 0 Å². The summed E-state index contributed by atoms with van der Waals surface area (Å²) in [7, 11) is 0. The molecule has 1 aromatic rings. The lowest BCUT2D eigenvalue weighted by molar-refractivity contribution is -0.150. The third-order valence-electron chi connectivity index (χ3n) is 1.82. The zero-order chi connectivity index (χ0) is 12.1. The first-order valence-corrected chi connectivity index (χ1v) is 5.20. The van der Waals surface area contributed by atoms with Gasteiger partial charge < -0.3 is 9.47 Å². The second-order valence-corrected chi connectivity index (χ2v) is 3.50. The van der Waals surface area contributed by atoms with Crippen molar-refractivity contribution in [3.8, 4) is 5.75 Å². The van der Waals surface area contributed by atoms with Gasteiger partial charge in [-0.05, 0) is 26.0 Å². The standard InChI is InChI=1S/C11H12ClFO3/c1-3-15-11(14)7(2)16-8-4-5-10(13)9(12)6-8/h4-7H,3H2,1-2H3. The minimum Gasteiger partial charge on any atom is -0.479 e. The van der Waals surface area contributed by atoms with Gasteiger partial charge in [0.1, 0.15) is 11.6 Å². The highest BCUT2D eigenvalue weighted by atomic mass is 35.5. The molecule has 0 saturated heterocycles. The predicted molar refractivity (Wildman–Crippen MR) is 58.1 cm³/mol. The molecule has 0 heterocycles. The van der Waals surface area contributed by atoms with Crippen LogP contribution in [0, 0.1) is 5.82 Å². The summed E-state index contributed by atoms with van der Waals surface area (Å²) in [5, 5.41) is -0.0476. The molecule has 0 amide bonds. The molecule has 1 atom stereocenters. The minimum atomic E-state index is -0.749. The summed E-state index contributed by atoms with van der Waals surface area (Å²) in [5.74, 6) is -0.673. The summed E-state index contributed by atoms with van der Waals surface area (Å²) in [6, 6.07) is 3.89. The highest BCUT2D eigenvalue weighted by Gasteiger charge is 2.16. The zero-order valence-corrected chi connectivity index (χ0v) is 9.75. The average molecular weight is 247 g/mol. The lowest BCUT2D eigenvalue weighted by Gasteiger charge is -2.13. The Hall–Kier alpha value is -1.29. The van der Waals surface area contributed by atoms with Crippen molar-refractivity contribution < 1.29 is 18.7 Å². The van der Waals surface area contributed by atoms with Gasteiger partial charge in [0, 0.05) is 6.07 Å². The summed E-state index contributed by atoms with van der Waals surface area (Å²) < 4.78 is 22.8. The van der Waals surface area contributed by atoms with E-state index in [2.05, 4.69) is 0 Å². The van der Waals surface area contributed by atoms with Gasteiger partial charge in [-0.25, -0.2) is 9.18 Å². The van der Waals surface area contributed by atoms with E-state index >= 15 is 0 Å². The first kappa shape index (κ1) is 12.8. The Kier molecular flexibility index (Phi) is 4.55. The van der Waals surface area contributed by atoms with Crippen molar-refractivity contribution in [3.63, 3.8) is 0 Å². The Labute approximate surface area is 98.1 Å². The van der Waals surface area contributed by atoms with Crippen LogP contribution in [0.2, 0.25) is 5.02 Å². The van der Waals surface area contributed by atoms with Crippen molar-refractivity contribution in [2.24, 2.45) is 0 Å². The van der Waals surface area contributed by atoms with E-state index in [4.69, 9.17) is 21.1 Å². The molecular weight excluding hydrogens is 235 g/mol. The van der Waals surface area contributed by atoms with E-state index in [9.17, 15) is 9.18 Å². The van der Waals surface area contributed by atoms with Crippen LogP contribution in [-0.4, -0.2) is 18.7 Å². The van der Waals surface area contributed by atoms with Crippen LogP contribution in [0.5, 0.6) is 5.75 Å². The Morgan fingerprint density at radius 1 is 1.56 bits per heavy atom. The Morgan fingerprint density at radius 3 is 2.81 bits per heavy atom. The molecule has 0 aliphatic heterocycles. The SMILES string of the molecule is CCOC(=O)C(C)Oc1ccc(F)c(Cl)c1. The monoisotopic (exact) mass is 246 g/mol. The fourth-order valence-corrected chi connectivity index (χ4v) is 1.23. The molecule has 0 N–H and O–H groups in total. The maximum Gasteiger partial charge on any atom is 0.347 e. The van der Waals surface area contributed by atoms with Crippen LogP contribution in [0.4, 0.5) is 4.39 Å². The van der Waals surface area contributed by atoms with Gasteiger partial charge in [-0.2, -0.15) is 0 Å².